The lowest BCUT2D eigenvalue weighted by Crippen LogP contribution is -2.19. The van der Waals surface area contributed by atoms with E-state index in [0.717, 1.165) is 18.2 Å². The van der Waals surface area contributed by atoms with Gasteiger partial charge in [0.15, 0.2) is 17.4 Å². The van der Waals surface area contributed by atoms with Crippen LogP contribution in [0.25, 0.3) is 5.83 Å². The quantitative estimate of drug-likeness (QED) is 0.633. The topological polar surface area (TPSA) is 64.3 Å². The first kappa shape index (κ1) is 16.1. The SMILES string of the molecule is CC(C)Cc1cccc(C(=O)c2coc3c2C(=O)C(=O)C=C3F)c1. The first-order valence-corrected chi connectivity index (χ1v) is 7.60. The molecule has 1 aromatic carbocycles. The number of halogens is 1. The van der Waals surface area contributed by atoms with Crippen LogP contribution in [0.3, 0.4) is 0 Å². The Kier molecular flexibility index (Phi) is 4.01. The van der Waals surface area contributed by atoms with Gasteiger partial charge in [-0.2, -0.15) is 0 Å². The van der Waals surface area contributed by atoms with Crippen molar-refractivity contribution in [3.05, 3.63) is 64.6 Å². The maximum atomic E-state index is 13.8. The molecule has 0 aliphatic heterocycles. The van der Waals surface area contributed by atoms with Gasteiger partial charge in [-0.3, -0.25) is 14.4 Å². The van der Waals surface area contributed by atoms with Gasteiger partial charge < -0.3 is 4.42 Å². The Hall–Kier alpha value is -2.82. The molecule has 4 nitrogen and oxygen atoms in total. The maximum absolute atomic E-state index is 13.8. The van der Waals surface area contributed by atoms with Gasteiger partial charge >= 0.3 is 0 Å². The molecule has 24 heavy (non-hydrogen) atoms. The highest BCUT2D eigenvalue weighted by Crippen LogP contribution is 2.31. The highest BCUT2D eigenvalue weighted by Gasteiger charge is 2.34. The zero-order chi connectivity index (χ0) is 17.4. The molecule has 1 heterocycles. The zero-order valence-electron chi connectivity index (χ0n) is 13.3. The van der Waals surface area contributed by atoms with E-state index in [0.29, 0.717) is 17.6 Å². The van der Waals surface area contributed by atoms with E-state index in [2.05, 4.69) is 13.8 Å². The lowest BCUT2D eigenvalue weighted by atomic mass is 9.92. The molecule has 0 radical (unpaired) electrons. The minimum Gasteiger partial charge on any atom is -0.460 e. The molecule has 0 amide bonds. The fraction of sp³-hybridized carbons (Fsp3) is 0.211. The standard InChI is InChI=1S/C19H15FO4/c1-10(2)6-11-4-3-5-12(7-11)17(22)13-9-24-19-14(20)8-15(21)18(23)16(13)19/h3-5,7-10H,6H2,1-2H3. The third-order valence-electron chi connectivity index (χ3n) is 3.79. The summed E-state index contributed by atoms with van der Waals surface area (Å²) in [7, 11) is 0. The van der Waals surface area contributed by atoms with Gasteiger partial charge in [0.05, 0.1) is 11.1 Å². The second-order valence-corrected chi connectivity index (χ2v) is 6.17. The highest BCUT2D eigenvalue weighted by molar-refractivity contribution is 6.51. The van der Waals surface area contributed by atoms with Crippen molar-refractivity contribution in [2.75, 3.05) is 0 Å². The summed E-state index contributed by atoms with van der Waals surface area (Å²) < 4.78 is 18.8. The van der Waals surface area contributed by atoms with Crippen molar-refractivity contribution < 1.29 is 23.2 Å². The second-order valence-electron chi connectivity index (χ2n) is 6.17. The fourth-order valence-corrected chi connectivity index (χ4v) is 2.76. The van der Waals surface area contributed by atoms with Crippen LogP contribution in [0.5, 0.6) is 0 Å². The first-order chi connectivity index (χ1) is 11.4. The number of benzene rings is 1. The lowest BCUT2D eigenvalue weighted by Gasteiger charge is -2.08. The van der Waals surface area contributed by atoms with E-state index in [4.69, 9.17) is 4.42 Å². The Morgan fingerprint density at radius 3 is 2.71 bits per heavy atom. The Bertz CT molecular complexity index is 887. The molecule has 1 aliphatic rings. The van der Waals surface area contributed by atoms with Gasteiger partial charge in [-0.15, -0.1) is 0 Å². The molecule has 1 aromatic heterocycles. The Morgan fingerprint density at radius 1 is 1.25 bits per heavy atom. The van der Waals surface area contributed by atoms with Crippen LogP contribution in [0.1, 0.15) is 51.5 Å². The minimum atomic E-state index is -0.996. The van der Waals surface area contributed by atoms with Gasteiger partial charge in [0.25, 0.3) is 0 Å². The molecule has 122 valence electrons. The van der Waals surface area contributed by atoms with Crippen LogP contribution in [0.4, 0.5) is 4.39 Å². The molecular formula is C19H15FO4. The van der Waals surface area contributed by atoms with Crippen molar-refractivity contribution in [1.82, 2.24) is 0 Å². The number of ketones is 3. The van der Waals surface area contributed by atoms with Gasteiger partial charge in [-0.1, -0.05) is 32.0 Å². The molecule has 0 bridgehead atoms. The summed E-state index contributed by atoms with van der Waals surface area (Å²) in [5, 5.41) is 0. The van der Waals surface area contributed by atoms with Crippen molar-refractivity contribution in [3.63, 3.8) is 0 Å². The average molecular weight is 326 g/mol. The Balaban J connectivity index is 2.03. The van der Waals surface area contributed by atoms with E-state index in [9.17, 15) is 18.8 Å². The average Bonchev–Trinajstić information content (AvgIpc) is 2.97. The first-order valence-electron chi connectivity index (χ1n) is 7.60. The summed E-state index contributed by atoms with van der Waals surface area (Å²) in [5.41, 5.74) is 0.973. The van der Waals surface area contributed by atoms with Gasteiger partial charge in [0, 0.05) is 11.6 Å². The van der Waals surface area contributed by atoms with Gasteiger partial charge in [-0.25, -0.2) is 4.39 Å². The van der Waals surface area contributed by atoms with Crippen LogP contribution in [-0.2, 0) is 11.2 Å². The number of furan rings is 1. The molecule has 2 aromatic rings. The lowest BCUT2D eigenvalue weighted by molar-refractivity contribution is -0.111. The second kappa shape index (κ2) is 6.00. The molecule has 0 fully saturated rings. The summed E-state index contributed by atoms with van der Waals surface area (Å²) in [6.45, 7) is 4.14. The van der Waals surface area contributed by atoms with E-state index in [1.165, 1.54) is 0 Å². The molecule has 0 N–H and O–H groups in total. The predicted octanol–water partition coefficient (Wildman–Crippen LogP) is 3.78. The van der Waals surface area contributed by atoms with Crippen LogP contribution >= 0.6 is 0 Å². The number of hydrogen-bond donors (Lipinski definition) is 0. The largest absolute Gasteiger partial charge is 0.460 e. The van der Waals surface area contributed by atoms with Crippen molar-refractivity contribution >= 4 is 23.2 Å². The third-order valence-corrected chi connectivity index (χ3v) is 3.79. The molecule has 0 spiro atoms. The van der Waals surface area contributed by atoms with Crippen LogP contribution in [0, 0.1) is 5.92 Å². The Labute approximate surface area is 138 Å². The van der Waals surface area contributed by atoms with E-state index >= 15 is 0 Å². The van der Waals surface area contributed by atoms with Gasteiger partial charge in [0.2, 0.25) is 11.6 Å². The number of Topliss-reactive ketones (excluding diaryl/α,β-unsaturated/α-hetero) is 1. The molecule has 5 heteroatoms. The fourth-order valence-electron chi connectivity index (χ4n) is 2.76. The molecule has 0 unspecified atom stereocenters. The van der Waals surface area contributed by atoms with Gasteiger partial charge in [-0.05, 0) is 24.0 Å². The summed E-state index contributed by atoms with van der Waals surface area (Å²) in [6.07, 6.45) is 2.41. The highest BCUT2D eigenvalue weighted by atomic mass is 19.1. The van der Waals surface area contributed by atoms with Crippen LogP contribution in [0.2, 0.25) is 0 Å². The summed E-state index contributed by atoms with van der Waals surface area (Å²) in [4.78, 5) is 36.3. The predicted molar refractivity (Wildman–Crippen MR) is 85.5 cm³/mol. The van der Waals surface area contributed by atoms with Crippen molar-refractivity contribution in [3.8, 4) is 0 Å². The van der Waals surface area contributed by atoms with E-state index in [-0.39, 0.29) is 16.9 Å². The number of hydrogen-bond acceptors (Lipinski definition) is 4. The minimum absolute atomic E-state index is 0.0895. The van der Waals surface area contributed by atoms with Crippen molar-refractivity contribution in [2.45, 2.75) is 20.3 Å². The van der Waals surface area contributed by atoms with E-state index in [1.807, 2.05) is 6.07 Å². The van der Waals surface area contributed by atoms with Crippen LogP contribution in [0.15, 0.2) is 41.0 Å². The normalized spacial score (nSPS) is 13.9. The smallest absolute Gasteiger partial charge is 0.237 e. The summed E-state index contributed by atoms with van der Waals surface area (Å²) in [5.74, 6) is -3.27. The summed E-state index contributed by atoms with van der Waals surface area (Å²) >= 11 is 0. The molecule has 0 saturated carbocycles. The summed E-state index contributed by atoms with van der Waals surface area (Å²) in [6, 6.07) is 7.03. The van der Waals surface area contributed by atoms with Crippen LogP contribution < -0.4 is 0 Å². The van der Waals surface area contributed by atoms with Crippen molar-refractivity contribution in [2.24, 2.45) is 5.92 Å². The number of fused-ring (bicyclic) bond motifs is 1. The molecule has 0 saturated heterocycles. The Morgan fingerprint density at radius 2 is 2.00 bits per heavy atom. The van der Waals surface area contributed by atoms with E-state index < -0.39 is 23.2 Å². The zero-order valence-corrected chi connectivity index (χ0v) is 13.3. The molecule has 0 atom stereocenters. The number of carbonyl (C=O) groups is 3. The number of rotatable bonds is 4. The van der Waals surface area contributed by atoms with Gasteiger partial charge in [0.1, 0.15) is 6.26 Å². The molecule has 3 rings (SSSR count). The third kappa shape index (κ3) is 2.73. The van der Waals surface area contributed by atoms with Crippen molar-refractivity contribution in [1.29, 1.82) is 0 Å². The number of allylic oxidation sites excluding steroid dienone is 1. The maximum Gasteiger partial charge on any atom is 0.237 e. The van der Waals surface area contributed by atoms with Crippen LogP contribution in [-0.4, -0.2) is 17.3 Å². The monoisotopic (exact) mass is 326 g/mol. The molecular weight excluding hydrogens is 311 g/mol. The molecule has 1 aliphatic carbocycles. The number of carbonyl (C=O) groups excluding carboxylic acids is 3. The van der Waals surface area contributed by atoms with E-state index in [1.54, 1.807) is 18.2 Å².